The van der Waals surface area contributed by atoms with Gasteiger partial charge in [-0.2, -0.15) is 0 Å². The summed E-state index contributed by atoms with van der Waals surface area (Å²) in [6.45, 7) is 2.86. The summed E-state index contributed by atoms with van der Waals surface area (Å²) in [5, 5.41) is 2.26. The number of halogens is 2. The highest BCUT2D eigenvalue weighted by Gasteiger charge is 2.19. The molecule has 0 aromatic heterocycles. The lowest BCUT2D eigenvalue weighted by molar-refractivity contribution is -0.122. The topological polar surface area (TPSA) is 64.6 Å². The minimum atomic E-state index is -1.01. The van der Waals surface area contributed by atoms with Gasteiger partial charge in [0.15, 0.2) is 23.4 Å². The average molecular weight is 349 g/mol. The SMILES string of the molecule is COc1cc(C(C)=O)ccc1O[C@H](C)C(=O)Nc1cc(F)ccc1F. The highest BCUT2D eigenvalue weighted by atomic mass is 19.1. The third-order valence-electron chi connectivity index (χ3n) is 3.43. The van der Waals surface area contributed by atoms with Gasteiger partial charge in [0.25, 0.3) is 5.91 Å². The summed E-state index contributed by atoms with van der Waals surface area (Å²) < 4.78 is 37.4. The maximum atomic E-state index is 13.6. The fourth-order valence-electron chi connectivity index (χ4n) is 2.06. The van der Waals surface area contributed by atoms with Crippen LogP contribution in [-0.4, -0.2) is 24.9 Å². The number of methoxy groups -OCH3 is 1. The van der Waals surface area contributed by atoms with Crippen LogP contribution in [0, 0.1) is 11.6 Å². The van der Waals surface area contributed by atoms with E-state index in [-0.39, 0.29) is 23.0 Å². The van der Waals surface area contributed by atoms with Gasteiger partial charge >= 0.3 is 0 Å². The van der Waals surface area contributed by atoms with Crippen LogP contribution in [0.3, 0.4) is 0 Å². The van der Waals surface area contributed by atoms with Gasteiger partial charge < -0.3 is 14.8 Å². The Kier molecular flexibility index (Phi) is 5.69. The van der Waals surface area contributed by atoms with Gasteiger partial charge in [-0.15, -0.1) is 0 Å². The fraction of sp³-hybridized carbons (Fsp3) is 0.222. The summed E-state index contributed by atoms with van der Waals surface area (Å²) in [5.41, 5.74) is 0.155. The Labute approximate surface area is 143 Å². The molecule has 0 bridgehead atoms. The molecule has 0 saturated carbocycles. The van der Waals surface area contributed by atoms with Crippen molar-refractivity contribution in [2.24, 2.45) is 0 Å². The van der Waals surface area contributed by atoms with Gasteiger partial charge in [0.2, 0.25) is 0 Å². The number of nitrogens with one attached hydrogen (secondary N) is 1. The second kappa shape index (κ2) is 7.74. The highest BCUT2D eigenvalue weighted by molar-refractivity contribution is 5.95. The number of carbonyl (C=O) groups is 2. The van der Waals surface area contributed by atoms with Gasteiger partial charge in [-0.05, 0) is 44.2 Å². The number of ketones is 1. The molecule has 7 heteroatoms. The Morgan fingerprint density at radius 1 is 1.08 bits per heavy atom. The lowest BCUT2D eigenvalue weighted by Gasteiger charge is -2.17. The third-order valence-corrected chi connectivity index (χ3v) is 3.43. The molecule has 0 aliphatic heterocycles. The Bertz CT molecular complexity index is 808. The predicted molar refractivity (Wildman–Crippen MR) is 88.1 cm³/mol. The van der Waals surface area contributed by atoms with E-state index in [1.807, 2.05) is 0 Å². The first-order chi connectivity index (χ1) is 11.8. The van der Waals surface area contributed by atoms with Crippen molar-refractivity contribution in [1.29, 1.82) is 0 Å². The largest absolute Gasteiger partial charge is 0.493 e. The lowest BCUT2D eigenvalue weighted by Crippen LogP contribution is -2.30. The van der Waals surface area contributed by atoms with E-state index in [2.05, 4.69) is 5.32 Å². The third kappa shape index (κ3) is 4.53. The minimum Gasteiger partial charge on any atom is -0.493 e. The summed E-state index contributed by atoms with van der Waals surface area (Å²) >= 11 is 0. The molecule has 2 aromatic rings. The zero-order valence-corrected chi connectivity index (χ0v) is 13.9. The monoisotopic (exact) mass is 349 g/mol. The van der Waals surface area contributed by atoms with Gasteiger partial charge in [0.1, 0.15) is 11.6 Å². The van der Waals surface area contributed by atoms with Crippen molar-refractivity contribution in [2.75, 3.05) is 12.4 Å². The molecule has 0 fully saturated rings. The van der Waals surface area contributed by atoms with Gasteiger partial charge in [-0.25, -0.2) is 8.78 Å². The van der Waals surface area contributed by atoms with E-state index in [4.69, 9.17) is 9.47 Å². The van der Waals surface area contributed by atoms with Crippen LogP contribution in [0.25, 0.3) is 0 Å². The fourth-order valence-corrected chi connectivity index (χ4v) is 2.06. The van der Waals surface area contributed by atoms with Crippen LogP contribution in [0.15, 0.2) is 36.4 Å². The molecule has 25 heavy (non-hydrogen) atoms. The van der Waals surface area contributed by atoms with Crippen molar-refractivity contribution < 1.29 is 27.8 Å². The zero-order chi connectivity index (χ0) is 18.6. The Morgan fingerprint density at radius 2 is 1.80 bits per heavy atom. The quantitative estimate of drug-likeness (QED) is 0.810. The normalized spacial score (nSPS) is 11.6. The molecule has 2 rings (SSSR count). The van der Waals surface area contributed by atoms with Crippen LogP contribution in [-0.2, 0) is 4.79 Å². The summed E-state index contributed by atoms with van der Waals surface area (Å²) in [7, 11) is 1.40. The second-order valence-electron chi connectivity index (χ2n) is 5.30. The predicted octanol–water partition coefficient (Wildman–Crippen LogP) is 3.58. The Morgan fingerprint density at radius 3 is 2.44 bits per heavy atom. The molecule has 1 atom stereocenters. The van der Waals surface area contributed by atoms with E-state index in [1.165, 1.54) is 39.2 Å². The maximum Gasteiger partial charge on any atom is 0.265 e. The molecular weight excluding hydrogens is 332 g/mol. The molecule has 0 radical (unpaired) electrons. The summed E-state index contributed by atoms with van der Waals surface area (Å²) in [6, 6.07) is 7.28. The van der Waals surface area contributed by atoms with E-state index in [0.29, 0.717) is 5.56 Å². The van der Waals surface area contributed by atoms with Crippen molar-refractivity contribution in [2.45, 2.75) is 20.0 Å². The average Bonchev–Trinajstić information content (AvgIpc) is 2.58. The number of Topliss-reactive ketones (excluding diaryl/α,β-unsaturated/α-hetero) is 1. The van der Waals surface area contributed by atoms with E-state index >= 15 is 0 Å². The molecule has 0 saturated heterocycles. The number of benzene rings is 2. The van der Waals surface area contributed by atoms with Crippen molar-refractivity contribution >= 4 is 17.4 Å². The van der Waals surface area contributed by atoms with Crippen LogP contribution < -0.4 is 14.8 Å². The number of ether oxygens (including phenoxy) is 2. The number of amides is 1. The first-order valence-corrected chi connectivity index (χ1v) is 7.43. The van der Waals surface area contributed by atoms with Crippen LogP contribution in [0.5, 0.6) is 11.5 Å². The second-order valence-corrected chi connectivity index (χ2v) is 5.30. The van der Waals surface area contributed by atoms with Crippen molar-refractivity contribution in [3.8, 4) is 11.5 Å². The van der Waals surface area contributed by atoms with Crippen molar-refractivity contribution in [3.63, 3.8) is 0 Å². The van der Waals surface area contributed by atoms with Gasteiger partial charge in [-0.1, -0.05) is 0 Å². The first-order valence-electron chi connectivity index (χ1n) is 7.43. The molecule has 132 valence electrons. The number of carbonyl (C=O) groups excluding carboxylic acids is 2. The molecule has 2 aromatic carbocycles. The molecule has 1 N–H and O–H groups in total. The summed E-state index contributed by atoms with van der Waals surface area (Å²) in [6.07, 6.45) is -1.01. The maximum absolute atomic E-state index is 13.6. The molecular formula is C18H17F2NO4. The molecule has 1 amide bonds. The van der Waals surface area contributed by atoms with Crippen LogP contribution in [0.4, 0.5) is 14.5 Å². The molecule has 0 spiro atoms. The van der Waals surface area contributed by atoms with Gasteiger partial charge in [-0.3, -0.25) is 9.59 Å². The van der Waals surface area contributed by atoms with E-state index < -0.39 is 23.6 Å². The number of anilines is 1. The number of hydrogen-bond acceptors (Lipinski definition) is 4. The molecule has 0 unspecified atom stereocenters. The lowest BCUT2D eigenvalue weighted by atomic mass is 10.1. The summed E-state index contributed by atoms with van der Waals surface area (Å²) in [5.74, 6) is -1.71. The standard InChI is InChI=1S/C18H17F2NO4/c1-10(22)12-4-7-16(17(8-12)24-3)25-11(2)18(23)21-15-9-13(19)5-6-14(15)20/h4-9,11H,1-3H3,(H,21,23)/t11-/m1/s1. The van der Waals surface area contributed by atoms with E-state index in [1.54, 1.807) is 0 Å². The number of hydrogen-bond donors (Lipinski definition) is 1. The van der Waals surface area contributed by atoms with E-state index in [0.717, 1.165) is 18.2 Å². The first kappa shape index (κ1) is 18.4. The van der Waals surface area contributed by atoms with Crippen LogP contribution >= 0.6 is 0 Å². The zero-order valence-electron chi connectivity index (χ0n) is 13.9. The Balaban J connectivity index is 2.13. The smallest absolute Gasteiger partial charge is 0.265 e. The molecule has 0 aliphatic rings. The Hall–Kier alpha value is -2.96. The minimum absolute atomic E-state index is 0.141. The molecule has 0 heterocycles. The molecule has 5 nitrogen and oxygen atoms in total. The van der Waals surface area contributed by atoms with Crippen LogP contribution in [0.2, 0.25) is 0 Å². The van der Waals surface area contributed by atoms with Gasteiger partial charge in [0, 0.05) is 11.6 Å². The van der Waals surface area contributed by atoms with E-state index in [9.17, 15) is 18.4 Å². The highest BCUT2D eigenvalue weighted by Crippen LogP contribution is 2.29. The number of rotatable bonds is 6. The van der Waals surface area contributed by atoms with Crippen LogP contribution in [0.1, 0.15) is 24.2 Å². The van der Waals surface area contributed by atoms with Gasteiger partial charge in [0.05, 0.1) is 12.8 Å². The van der Waals surface area contributed by atoms with Crippen molar-refractivity contribution in [3.05, 3.63) is 53.6 Å². The summed E-state index contributed by atoms with van der Waals surface area (Å²) in [4.78, 5) is 23.5. The molecule has 0 aliphatic carbocycles. The van der Waals surface area contributed by atoms with Crippen molar-refractivity contribution in [1.82, 2.24) is 0 Å².